The van der Waals surface area contributed by atoms with E-state index in [1.165, 1.54) is 16.7 Å². The van der Waals surface area contributed by atoms with Gasteiger partial charge in [-0.25, -0.2) is 0 Å². The molecule has 0 aliphatic carbocycles. The molecule has 0 saturated heterocycles. The Morgan fingerprint density at radius 2 is 1.93 bits per heavy atom. The van der Waals surface area contributed by atoms with Gasteiger partial charge in [0.2, 0.25) is 0 Å². The van der Waals surface area contributed by atoms with Crippen molar-refractivity contribution >= 4 is 0 Å². The van der Waals surface area contributed by atoms with E-state index >= 15 is 0 Å². The second-order valence-electron chi connectivity index (χ2n) is 3.85. The highest BCUT2D eigenvalue weighted by molar-refractivity contribution is 5.43. The zero-order chi connectivity index (χ0) is 11.3. The van der Waals surface area contributed by atoms with E-state index < -0.39 is 0 Å². The van der Waals surface area contributed by atoms with Crippen molar-refractivity contribution < 1.29 is 4.74 Å². The maximum Gasteiger partial charge on any atom is 0.122 e. The van der Waals surface area contributed by atoms with Crippen molar-refractivity contribution in [3.05, 3.63) is 28.8 Å². The van der Waals surface area contributed by atoms with Gasteiger partial charge in [0.15, 0.2) is 0 Å². The second-order valence-corrected chi connectivity index (χ2v) is 3.85. The van der Waals surface area contributed by atoms with Crippen LogP contribution < -0.4 is 10.1 Å². The summed E-state index contributed by atoms with van der Waals surface area (Å²) in [5.41, 5.74) is 3.94. The Labute approximate surface area is 92.6 Å². The lowest BCUT2D eigenvalue weighted by molar-refractivity contribution is 0.315. The Morgan fingerprint density at radius 1 is 1.20 bits per heavy atom. The summed E-state index contributed by atoms with van der Waals surface area (Å²) >= 11 is 0. The van der Waals surface area contributed by atoms with Crippen LogP contribution in [0.2, 0.25) is 0 Å². The number of hydrogen-bond donors (Lipinski definition) is 1. The number of benzene rings is 1. The first-order valence-corrected chi connectivity index (χ1v) is 5.57. The first kappa shape index (κ1) is 12.1. The van der Waals surface area contributed by atoms with Crippen LogP contribution >= 0.6 is 0 Å². The van der Waals surface area contributed by atoms with Crippen LogP contribution in [0.25, 0.3) is 0 Å². The van der Waals surface area contributed by atoms with E-state index in [0.29, 0.717) is 0 Å². The molecule has 0 unspecified atom stereocenters. The van der Waals surface area contributed by atoms with E-state index in [-0.39, 0.29) is 0 Å². The van der Waals surface area contributed by atoms with Crippen LogP contribution in [0.4, 0.5) is 0 Å². The summed E-state index contributed by atoms with van der Waals surface area (Å²) in [6, 6.07) is 4.22. The van der Waals surface area contributed by atoms with Gasteiger partial charge in [-0.3, -0.25) is 0 Å². The minimum absolute atomic E-state index is 0.797. The predicted molar refractivity (Wildman–Crippen MR) is 64.5 cm³/mol. The Balaban J connectivity index is 2.88. The largest absolute Gasteiger partial charge is 0.493 e. The fraction of sp³-hybridized carbons (Fsp3) is 0.538. The standard InChI is InChI=1S/C13H21NO/c1-5-8-15-13-7-6-12(9-14-4)10(2)11(13)3/h6-7,14H,5,8-9H2,1-4H3. The van der Waals surface area contributed by atoms with Gasteiger partial charge in [-0.1, -0.05) is 13.0 Å². The third-order valence-corrected chi connectivity index (χ3v) is 2.68. The van der Waals surface area contributed by atoms with E-state index in [1.54, 1.807) is 0 Å². The molecule has 0 amide bonds. The fourth-order valence-corrected chi connectivity index (χ4v) is 1.60. The molecule has 15 heavy (non-hydrogen) atoms. The molecule has 2 nitrogen and oxygen atoms in total. The summed E-state index contributed by atoms with van der Waals surface area (Å²) in [5, 5.41) is 3.17. The molecule has 84 valence electrons. The highest BCUT2D eigenvalue weighted by atomic mass is 16.5. The first-order valence-electron chi connectivity index (χ1n) is 5.57. The lowest BCUT2D eigenvalue weighted by atomic mass is 10.0. The van der Waals surface area contributed by atoms with Gasteiger partial charge in [-0.2, -0.15) is 0 Å². The summed E-state index contributed by atoms with van der Waals surface area (Å²) in [4.78, 5) is 0. The number of ether oxygens (including phenoxy) is 1. The molecule has 0 aliphatic rings. The third kappa shape index (κ3) is 2.96. The van der Waals surface area contributed by atoms with E-state index in [0.717, 1.165) is 25.3 Å². The monoisotopic (exact) mass is 207 g/mol. The minimum atomic E-state index is 0.797. The van der Waals surface area contributed by atoms with Crippen molar-refractivity contribution in [1.82, 2.24) is 5.32 Å². The summed E-state index contributed by atoms with van der Waals surface area (Å²) < 4.78 is 5.68. The molecule has 0 fully saturated rings. The second kappa shape index (κ2) is 5.76. The molecule has 0 aromatic heterocycles. The van der Waals surface area contributed by atoms with Gasteiger partial charge in [0.1, 0.15) is 5.75 Å². The van der Waals surface area contributed by atoms with Gasteiger partial charge < -0.3 is 10.1 Å². The molecule has 0 aliphatic heterocycles. The molecule has 0 bridgehead atoms. The topological polar surface area (TPSA) is 21.3 Å². The fourth-order valence-electron chi connectivity index (χ4n) is 1.60. The van der Waals surface area contributed by atoms with Crippen molar-refractivity contribution in [2.45, 2.75) is 33.7 Å². The smallest absolute Gasteiger partial charge is 0.122 e. The summed E-state index contributed by atoms with van der Waals surface area (Å²) in [5.74, 6) is 1.02. The highest BCUT2D eigenvalue weighted by Gasteiger charge is 2.06. The van der Waals surface area contributed by atoms with E-state index in [4.69, 9.17) is 4.74 Å². The van der Waals surface area contributed by atoms with Crippen molar-refractivity contribution in [3.8, 4) is 5.75 Å². The number of nitrogens with one attached hydrogen (secondary N) is 1. The molecule has 0 atom stereocenters. The average Bonchev–Trinajstić information content (AvgIpc) is 2.24. The van der Waals surface area contributed by atoms with Crippen molar-refractivity contribution in [3.63, 3.8) is 0 Å². The van der Waals surface area contributed by atoms with Crippen molar-refractivity contribution in [2.75, 3.05) is 13.7 Å². The zero-order valence-corrected chi connectivity index (χ0v) is 10.2. The van der Waals surface area contributed by atoms with Crippen LogP contribution in [0, 0.1) is 13.8 Å². The average molecular weight is 207 g/mol. The Morgan fingerprint density at radius 3 is 2.53 bits per heavy atom. The first-order chi connectivity index (χ1) is 7.20. The molecule has 1 aromatic rings. The molecule has 0 saturated carbocycles. The Hall–Kier alpha value is -1.02. The van der Waals surface area contributed by atoms with Crippen LogP contribution in [0.15, 0.2) is 12.1 Å². The normalized spacial score (nSPS) is 10.4. The van der Waals surface area contributed by atoms with Crippen molar-refractivity contribution in [2.24, 2.45) is 0 Å². The Kier molecular flexibility index (Phi) is 4.63. The molecule has 0 heterocycles. The van der Waals surface area contributed by atoms with Crippen LogP contribution in [-0.4, -0.2) is 13.7 Å². The van der Waals surface area contributed by atoms with E-state index in [9.17, 15) is 0 Å². The maximum absolute atomic E-state index is 5.68. The Bertz CT molecular complexity index is 321. The molecule has 0 spiro atoms. The van der Waals surface area contributed by atoms with Crippen LogP contribution in [0.1, 0.15) is 30.0 Å². The van der Waals surface area contributed by atoms with Crippen LogP contribution in [0.3, 0.4) is 0 Å². The molecular weight excluding hydrogens is 186 g/mol. The summed E-state index contributed by atoms with van der Waals surface area (Å²) in [6.07, 6.45) is 1.05. The summed E-state index contributed by atoms with van der Waals surface area (Å²) in [7, 11) is 1.97. The number of hydrogen-bond acceptors (Lipinski definition) is 2. The van der Waals surface area contributed by atoms with Gasteiger partial charge in [0.05, 0.1) is 6.61 Å². The summed E-state index contributed by atoms with van der Waals surface area (Å²) in [6.45, 7) is 8.12. The van der Waals surface area contributed by atoms with E-state index in [1.807, 2.05) is 7.05 Å². The van der Waals surface area contributed by atoms with Crippen LogP contribution in [-0.2, 0) is 6.54 Å². The van der Waals surface area contributed by atoms with Gasteiger partial charge in [-0.05, 0) is 50.1 Å². The lowest BCUT2D eigenvalue weighted by Crippen LogP contribution is -2.08. The molecule has 2 heteroatoms. The molecular formula is C13H21NO. The minimum Gasteiger partial charge on any atom is -0.493 e. The quantitative estimate of drug-likeness (QED) is 0.801. The predicted octanol–water partition coefficient (Wildman–Crippen LogP) is 2.81. The SMILES string of the molecule is CCCOc1ccc(CNC)c(C)c1C. The van der Waals surface area contributed by atoms with Gasteiger partial charge in [-0.15, -0.1) is 0 Å². The number of rotatable bonds is 5. The molecule has 1 N–H and O–H groups in total. The lowest BCUT2D eigenvalue weighted by Gasteiger charge is -2.13. The van der Waals surface area contributed by atoms with Gasteiger partial charge in [0, 0.05) is 6.54 Å². The van der Waals surface area contributed by atoms with E-state index in [2.05, 4.69) is 38.2 Å². The van der Waals surface area contributed by atoms with Gasteiger partial charge in [0.25, 0.3) is 0 Å². The molecule has 1 aromatic carbocycles. The van der Waals surface area contributed by atoms with Crippen LogP contribution in [0.5, 0.6) is 5.75 Å². The molecule has 1 rings (SSSR count). The highest BCUT2D eigenvalue weighted by Crippen LogP contribution is 2.24. The zero-order valence-electron chi connectivity index (χ0n) is 10.2. The van der Waals surface area contributed by atoms with Crippen molar-refractivity contribution in [1.29, 1.82) is 0 Å². The third-order valence-electron chi connectivity index (χ3n) is 2.68. The maximum atomic E-state index is 5.68. The van der Waals surface area contributed by atoms with Gasteiger partial charge >= 0.3 is 0 Å². The molecule has 0 radical (unpaired) electrons.